The molecule has 1 amide bonds. The van der Waals surface area contributed by atoms with Gasteiger partial charge in [-0.2, -0.15) is 4.31 Å². The lowest BCUT2D eigenvalue weighted by molar-refractivity contribution is -0.122. The first-order valence-electron chi connectivity index (χ1n) is 8.76. The minimum atomic E-state index is -4.40. The zero-order chi connectivity index (χ0) is 21.9. The van der Waals surface area contributed by atoms with Gasteiger partial charge in [-0.15, -0.1) is 0 Å². The zero-order valence-electron chi connectivity index (χ0n) is 15.5. The average Bonchev–Trinajstić information content (AvgIpc) is 2.70. The number of nitrogens with two attached hydrogens (primary N) is 1. The van der Waals surface area contributed by atoms with Crippen molar-refractivity contribution in [1.82, 2.24) is 4.31 Å². The minimum absolute atomic E-state index is 0.203. The van der Waals surface area contributed by atoms with E-state index < -0.39 is 45.7 Å². The molecule has 0 heterocycles. The van der Waals surface area contributed by atoms with Gasteiger partial charge in [-0.3, -0.25) is 4.79 Å². The van der Waals surface area contributed by atoms with Crippen molar-refractivity contribution >= 4 is 27.5 Å². The molecule has 0 saturated heterocycles. The van der Waals surface area contributed by atoms with Gasteiger partial charge < -0.3 is 5.73 Å². The average molecular weight is 451 g/mol. The van der Waals surface area contributed by atoms with E-state index in [-0.39, 0.29) is 10.5 Å². The maximum atomic E-state index is 14.3. The van der Waals surface area contributed by atoms with E-state index in [0.29, 0.717) is 9.33 Å². The molecular weight excluding hydrogens is 434 g/mol. The molecule has 9 heteroatoms. The summed E-state index contributed by atoms with van der Waals surface area (Å²) in [6, 6.07) is 14.8. The molecule has 0 fully saturated rings. The summed E-state index contributed by atoms with van der Waals surface area (Å²) in [6.45, 7) is -0.744. The van der Waals surface area contributed by atoms with Crippen molar-refractivity contribution in [2.45, 2.75) is 17.5 Å². The number of primary amides is 1. The van der Waals surface area contributed by atoms with Crippen molar-refractivity contribution in [1.29, 1.82) is 0 Å². The highest BCUT2D eigenvalue weighted by molar-refractivity contribution is 7.89. The highest BCUT2D eigenvalue weighted by atomic mass is 35.5. The van der Waals surface area contributed by atoms with Gasteiger partial charge in [-0.1, -0.05) is 48.0 Å². The Hall–Kier alpha value is -2.81. The molecule has 0 aromatic heterocycles. The molecule has 2 N–H and O–H groups in total. The number of hydrogen-bond donors (Lipinski definition) is 1. The van der Waals surface area contributed by atoms with Crippen molar-refractivity contribution in [3.63, 3.8) is 0 Å². The summed E-state index contributed by atoms with van der Waals surface area (Å²) >= 11 is 5.84. The third kappa shape index (κ3) is 4.51. The van der Waals surface area contributed by atoms with Gasteiger partial charge in [0.2, 0.25) is 15.9 Å². The zero-order valence-corrected chi connectivity index (χ0v) is 17.1. The summed E-state index contributed by atoms with van der Waals surface area (Å²) in [5.41, 5.74) is 5.31. The molecule has 0 radical (unpaired) electrons. The van der Waals surface area contributed by atoms with Gasteiger partial charge in [0.1, 0.15) is 17.7 Å². The Morgan fingerprint density at radius 3 is 2.03 bits per heavy atom. The van der Waals surface area contributed by atoms with E-state index in [4.69, 9.17) is 17.3 Å². The fourth-order valence-electron chi connectivity index (χ4n) is 3.00. The van der Waals surface area contributed by atoms with Crippen LogP contribution in [0.15, 0.2) is 77.7 Å². The predicted molar refractivity (Wildman–Crippen MR) is 109 cm³/mol. The van der Waals surface area contributed by atoms with Crippen LogP contribution in [0.4, 0.5) is 8.78 Å². The lowest BCUT2D eigenvalue weighted by Gasteiger charge is -2.29. The summed E-state index contributed by atoms with van der Waals surface area (Å²) in [5, 5.41) is 0.301. The van der Waals surface area contributed by atoms with Gasteiger partial charge >= 0.3 is 0 Å². The number of rotatable bonds is 7. The molecule has 0 aliphatic heterocycles. The quantitative estimate of drug-likeness (QED) is 0.590. The maximum absolute atomic E-state index is 14.3. The maximum Gasteiger partial charge on any atom is 0.244 e. The Morgan fingerprint density at radius 2 is 1.50 bits per heavy atom. The Bertz CT molecular complexity index is 1140. The Morgan fingerprint density at radius 1 is 0.933 bits per heavy atom. The molecule has 5 nitrogen and oxygen atoms in total. The van der Waals surface area contributed by atoms with Crippen molar-refractivity contribution in [2.24, 2.45) is 5.73 Å². The number of sulfonamides is 1. The van der Waals surface area contributed by atoms with E-state index >= 15 is 0 Å². The van der Waals surface area contributed by atoms with Gasteiger partial charge in [0, 0.05) is 17.1 Å². The van der Waals surface area contributed by atoms with Crippen LogP contribution in [0.3, 0.4) is 0 Å². The summed E-state index contributed by atoms with van der Waals surface area (Å²) in [4.78, 5) is 12.1. The predicted octanol–water partition coefficient (Wildman–Crippen LogP) is 4.04. The highest BCUT2D eigenvalue weighted by Crippen LogP contribution is 2.31. The standard InChI is InChI=1S/C21H17ClF2N2O3S/c22-15-9-11-16(12-10-15)30(28,29)26(13-17-18(23)7-4-8-19(17)24)20(21(25)27)14-5-2-1-3-6-14/h1-12,20H,13H2,(H2,25,27)/t20-/m1/s1. The molecule has 3 rings (SSSR count). The fourth-order valence-corrected chi connectivity index (χ4v) is 4.68. The monoisotopic (exact) mass is 450 g/mol. The topological polar surface area (TPSA) is 80.5 Å². The van der Waals surface area contributed by atoms with Gasteiger partial charge in [0.15, 0.2) is 0 Å². The summed E-state index contributed by atoms with van der Waals surface area (Å²) in [5.74, 6) is -2.87. The van der Waals surface area contributed by atoms with E-state index in [2.05, 4.69) is 0 Å². The molecule has 0 saturated carbocycles. The molecule has 0 unspecified atom stereocenters. The van der Waals surface area contributed by atoms with E-state index in [1.165, 1.54) is 36.4 Å². The van der Waals surface area contributed by atoms with E-state index in [1.54, 1.807) is 18.2 Å². The third-order valence-corrected chi connectivity index (χ3v) is 6.55. The van der Waals surface area contributed by atoms with Crippen LogP contribution in [0, 0.1) is 11.6 Å². The van der Waals surface area contributed by atoms with E-state index in [1.807, 2.05) is 0 Å². The van der Waals surface area contributed by atoms with Gasteiger partial charge in [0.25, 0.3) is 0 Å². The first-order valence-corrected chi connectivity index (χ1v) is 10.6. The van der Waals surface area contributed by atoms with Crippen molar-refractivity contribution in [3.8, 4) is 0 Å². The van der Waals surface area contributed by atoms with Crippen molar-refractivity contribution in [3.05, 3.63) is 101 Å². The largest absolute Gasteiger partial charge is 0.368 e. The number of halogens is 3. The second-order valence-electron chi connectivity index (χ2n) is 6.42. The van der Waals surface area contributed by atoms with E-state index in [0.717, 1.165) is 18.2 Å². The van der Waals surface area contributed by atoms with Crippen LogP contribution in [0.25, 0.3) is 0 Å². The van der Waals surface area contributed by atoms with Crippen LogP contribution in [-0.4, -0.2) is 18.6 Å². The van der Waals surface area contributed by atoms with Crippen LogP contribution in [-0.2, 0) is 21.4 Å². The van der Waals surface area contributed by atoms with Crippen molar-refractivity contribution < 1.29 is 22.0 Å². The smallest absolute Gasteiger partial charge is 0.244 e. The number of hydrogen-bond acceptors (Lipinski definition) is 3. The Labute approximate surface area is 177 Å². The Balaban J connectivity index is 2.20. The number of nitrogens with zero attached hydrogens (tertiary/aromatic N) is 1. The molecule has 1 atom stereocenters. The molecule has 0 aliphatic rings. The molecule has 0 aliphatic carbocycles. The SMILES string of the molecule is NC(=O)[C@@H](c1ccccc1)N(Cc1c(F)cccc1F)S(=O)(=O)c1ccc(Cl)cc1. The third-order valence-electron chi connectivity index (χ3n) is 4.47. The molecular formula is C21H17ClF2N2O3S. The fraction of sp³-hybridized carbons (Fsp3) is 0.0952. The molecule has 156 valence electrons. The number of carbonyl (C=O) groups excluding carboxylic acids is 1. The molecule has 30 heavy (non-hydrogen) atoms. The van der Waals surface area contributed by atoms with E-state index in [9.17, 15) is 22.0 Å². The molecule has 3 aromatic rings. The van der Waals surface area contributed by atoms with Gasteiger partial charge in [0.05, 0.1) is 4.90 Å². The molecule has 0 spiro atoms. The van der Waals surface area contributed by atoms with Crippen LogP contribution in [0.2, 0.25) is 5.02 Å². The first-order chi connectivity index (χ1) is 14.2. The second-order valence-corrected chi connectivity index (χ2v) is 8.75. The second kappa shape index (κ2) is 8.91. The number of amides is 1. The van der Waals surface area contributed by atoms with Crippen LogP contribution in [0.1, 0.15) is 17.2 Å². The molecule has 0 bridgehead atoms. The van der Waals surface area contributed by atoms with Crippen LogP contribution in [0.5, 0.6) is 0 Å². The summed E-state index contributed by atoms with van der Waals surface area (Å²) < 4.78 is 56.2. The lowest BCUT2D eigenvalue weighted by Crippen LogP contribution is -2.41. The first kappa shape index (κ1) is 21.9. The van der Waals surface area contributed by atoms with Gasteiger partial charge in [-0.25, -0.2) is 17.2 Å². The van der Waals surface area contributed by atoms with Gasteiger partial charge in [-0.05, 0) is 42.0 Å². The number of carbonyl (C=O) groups is 1. The minimum Gasteiger partial charge on any atom is -0.368 e. The van der Waals surface area contributed by atoms with Crippen LogP contribution < -0.4 is 5.73 Å². The lowest BCUT2D eigenvalue weighted by atomic mass is 10.1. The summed E-state index contributed by atoms with van der Waals surface area (Å²) in [6.07, 6.45) is 0. The highest BCUT2D eigenvalue weighted by Gasteiger charge is 2.37. The number of benzene rings is 3. The van der Waals surface area contributed by atoms with Crippen molar-refractivity contribution in [2.75, 3.05) is 0 Å². The van der Waals surface area contributed by atoms with Crippen LogP contribution >= 0.6 is 11.6 Å². The molecule has 3 aromatic carbocycles. The normalized spacial score (nSPS) is 12.7. The summed E-state index contributed by atoms with van der Waals surface area (Å²) in [7, 11) is -4.40. The Kier molecular flexibility index (Phi) is 6.50.